The number of aliphatic hydroxyl groups excluding tert-OH is 1. The number of nitrogens with zero attached hydrogens (tertiary/aromatic N) is 2. The Morgan fingerprint density at radius 3 is 2.45 bits per heavy atom. The minimum Gasteiger partial charge on any atom is -0.391 e. The summed E-state index contributed by atoms with van der Waals surface area (Å²) in [4.78, 5) is 7.81. The van der Waals surface area contributed by atoms with Gasteiger partial charge in [-0.25, -0.2) is 9.97 Å². The predicted molar refractivity (Wildman–Crippen MR) is 40.6 cm³/mol. The van der Waals surface area contributed by atoms with E-state index in [-0.39, 0.29) is 0 Å². The molecule has 1 aromatic heterocycles. The third kappa shape index (κ3) is 1.96. The summed E-state index contributed by atoms with van der Waals surface area (Å²) in [5, 5.41) is 9.07. The molecule has 11 heavy (non-hydrogen) atoms. The van der Waals surface area contributed by atoms with Crippen molar-refractivity contribution in [2.75, 3.05) is 0 Å². The molecule has 0 aliphatic rings. The van der Waals surface area contributed by atoms with Crippen molar-refractivity contribution in [1.82, 2.24) is 9.97 Å². The highest BCUT2D eigenvalue weighted by Crippen LogP contribution is 2.06. The van der Waals surface area contributed by atoms with Crippen LogP contribution < -0.4 is 5.73 Å². The normalized spacial score (nSPS) is 15.9. The first-order valence-corrected chi connectivity index (χ1v) is 3.42. The molecule has 3 N–H and O–H groups in total. The van der Waals surface area contributed by atoms with Gasteiger partial charge in [-0.2, -0.15) is 0 Å². The SMILES string of the molecule is C[C@H](O)[C@@H](N)c1ncccn1. The standard InChI is InChI=1S/C7H11N3O/c1-5(11)6(8)7-9-3-2-4-10-7/h2-6,11H,8H2,1H3/t5-,6+/m0/s1. The molecule has 0 unspecified atom stereocenters. The van der Waals surface area contributed by atoms with Crippen molar-refractivity contribution < 1.29 is 5.11 Å². The maximum atomic E-state index is 9.07. The third-order valence-electron chi connectivity index (χ3n) is 1.40. The quantitative estimate of drug-likeness (QED) is 0.620. The summed E-state index contributed by atoms with van der Waals surface area (Å²) in [5.41, 5.74) is 5.56. The lowest BCUT2D eigenvalue weighted by Crippen LogP contribution is -2.25. The van der Waals surface area contributed by atoms with Gasteiger partial charge >= 0.3 is 0 Å². The van der Waals surface area contributed by atoms with E-state index in [0.29, 0.717) is 5.82 Å². The van der Waals surface area contributed by atoms with E-state index in [1.54, 1.807) is 25.4 Å². The van der Waals surface area contributed by atoms with Crippen LogP contribution in [0.5, 0.6) is 0 Å². The summed E-state index contributed by atoms with van der Waals surface area (Å²) < 4.78 is 0. The van der Waals surface area contributed by atoms with Gasteiger partial charge in [-0.3, -0.25) is 0 Å². The van der Waals surface area contributed by atoms with E-state index in [1.165, 1.54) is 0 Å². The molecule has 4 heteroatoms. The van der Waals surface area contributed by atoms with E-state index >= 15 is 0 Å². The fraction of sp³-hybridized carbons (Fsp3) is 0.429. The predicted octanol–water partition coefficient (Wildman–Crippen LogP) is -0.143. The molecule has 0 fully saturated rings. The highest BCUT2D eigenvalue weighted by Gasteiger charge is 2.13. The fourth-order valence-corrected chi connectivity index (χ4v) is 0.698. The van der Waals surface area contributed by atoms with Gasteiger partial charge in [0.2, 0.25) is 0 Å². The third-order valence-corrected chi connectivity index (χ3v) is 1.40. The Balaban J connectivity index is 2.77. The zero-order valence-electron chi connectivity index (χ0n) is 6.31. The molecule has 0 saturated heterocycles. The van der Waals surface area contributed by atoms with Crippen LogP contribution in [0, 0.1) is 0 Å². The number of aliphatic hydroxyl groups is 1. The topological polar surface area (TPSA) is 72.0 Å². The van der Waals surface area contributed by atoms with Gasteiger partial charge < -0.3 is 10.8 Å². The molecule has 0 aromatic carbocycles. The van der Waals surface area contributed by atoms with Gasteiger partial charge in [0.25, 0.3) is 0 Å². The Bertz CT molecular complexity index is 212. The van der Waals surface area contributed by atoms with Crippen molar-refractivity contribution in [1.29, 1.82) is 0 Å². The van der Waals surface area contributed by atoms with Gasteiger partial charge in [0.05, 0.1) is 12.1 Å². The molecule has 1 rings (SSSR count). The first kappa shape index (κ1) is 8.10. The van der Waals surface area contributed by atoms with Crippen molar-refractivity contribution in [2.24, 2.45) is 5.73 Å². The molecule has 0 radical (unpaired) electrons. The second kappa shape index (κ2) is 3.41. The Morgan fingerprint density at radius 2 is 2.00 bits per heavy atom. The summed E-state index contributed by atoms with van der Waals surface area (Å²) in [7, 11) is 0. The van der Waals surface area contributed by atoms with E-state index in [2.05, 4.69) is 9.97 Å². The van der Waals surface area contributed by atoms with Crippen LogP contribution in [0.4, 0.5) is 0 Å². The molecule has 0 bridgehead atoms. The van der Waals surface area contributed by atoms with Crippen LogP contribution in [0.2, 0.25) is 0 Å². The van der Waals surface area contributed by atoms with Crippen molar-refractivity contribution in [2.45, 2.75) is 19.1 Å². The monoisotopic (exact) mass is 153 g/mol. The summed E-state index contributed by atoms with van der Waals surface area (Å²) in [6.07, 6.45) is 2.59. The molecular formula is C7H11N3O. The highest BCUT2D eigenvalue weighted by atomic mass is 16.3. The van der Waals surface area contributed by atoms with Crippen LogP contribution in [0.3, 0.4) is 0 Å². The van der Waals surface area contributed by atoms with Gasteiger partial charge in [-0.1, -0.05) is 0 Å². The van der Waals surface area contributed by atoms with Crippen molar-refractivity contribution in [3.05, 3.63) is 24.3 Å². The van der Waals surface area contributed by atoms with Crippen molar-refractivity contribution >= 4 is 0 Å². The molecule has 4 nitrogen and oxygen atoms in total. The minimum atomic E-state index is -0.614. The maximum absolute atomic E-state index is 9.07. The first-order valence-electron chi connectivity index (χ1n) is 3.42. The van der Waals surface area contributed by atoms with Gasteiger partial charge in [0.1, 0.15) is 5.82 Å². The number of aromatic nitrogens is 2. The molecule has 1 heterocycles. The van der Waals surface area contributed by atoms with Crippen molar-refractivity contribution in [3.63, 3.8) is 0 Å². The molecular weight excluding hydrogens is 142 g/mol. The van der Waals surface area contributed by atoms with E-state index in [4.69, 9.17) is 10.8 Å². The van der Waals surface area contributed by atoms with Crippen LogP contribution in [0.25, 0.3) is 0 Å². The lowest BCUT2D eigenvalue weighted by Gasteiger charge is -2.11. The smallest absolute Gasteiger partial charge is 0.147 e. The molecule has 0 aliphatic heterocycles. The zero-order chi connectivity index (χ0) is 8.27. The zero-order valence-corrected chi connectivity index (χ0v) is 6.31. The van der Waals surface area contributed by atoms with Crippen LogP contribution in [-0.4, -0.2) is 21.2 Å². The maximum Gasteiger partial charge on any atom is 0.147 e. The molecule has 2 atom stereocenters. The molecule has 0 aliphatic carbocycles. The van der Waals surface area contributed by atoms with Crippen molar-refractivity contribution in [3.8, 4) is 0 Å². The van der Waals surface area contributed by atoms with E-state index < -0.39 is 12.1 Å². The first-order chi connectivity index (χ1) is 5.22. The molecule has 0 amide bonds. The molecule has 1 aromatic rings. The van der Waals surface area contributed by atoms with Crippen LogP contribution >= 0.6 is 0 Å². The van der Waals surface area contributed by atoms with Gasteiger partial charge in [-0.15, -0.1) is 0 Å². The summed E-state index contributed by atoms with van der Waals surface area (Å²) in [6, 6.07) is 1.22. The highest BCUT2D eigenvalue weighted by molar-refractivity contribution is 4.96. The Morgan fingerprint density at radius 1 is 1.45 bits per heavy atom. The van der Waals surface area contributed by atoms with Gasteiger partial charge in [0.15, 0.2) is 0 Å². The largest absolute Gasteiger partial charge is 0.391 e. The van der Waals surface area contributed by atoms with Crippen LogP contribution in [0.15, 0.2) is 18.5 Å². The van der Waals surface area contributed by atoms with E-state index in [9.17, 15) is 0 Å². The second-order valence-corrected chi connectivity index (χ2v) is 2.37. The van der Waals surface area contributed by atoms with Crippen LogP contribution in [0.1, 0.15) is 18.8 Å². The number of hydrogen-bond donors (Lipinski definition) is 2. The number of hydrogen-bond acceptors (Lipinski definition) is 4. The second-order valence-electron chi connectivity index (χ2n) is 2.37. The van der Waals surface area contributed by atoms with E-state index in [1.807, 2.05) is 0 Å². The minimum absolute atomic E-state index is 0.475. The summed E-state index contributed by atoms with van der Waals surface area (Å²) in [6.45, 7) is 1.61. The lowest BCUT2D eigenvalue weighted by molar-refractivity contribution is 0.160. The lowest BCUT2D eigenvalue weighted by atomic mass is 10.2. The van der Waals surface area contributed by atoms with Crippen LogP contribution in [-0.2, 0) is 0 Å². The summed E-state index contributed by atoms with van der Waals surface area (Å²) in [5.74, 6) is 0.475. The van der Waals surface area contributed by atoms with Gasteiger partial charge in [-0.05, 0) is 13.0 Å². The summed E-state index contributed by atoms with van der Waals surface area (Å²) >= 11 is 0. The Labute approximate surface area is 65.1 Å². The Kier molecular flexibility index (Phi) is 2.51. The Hall–Kier alpha value is -1.00. The fourth-order valence-electron chi connectivity index (χ4n) is 0.698. The number of nitrogens with two attached hydrogens (primary N) is 1. The molecule has 0 spiro atoms. The van der Waals surface area contributed by atoms with E-state index in [0.717, 1.165) is 0 Å². The van der Waals surface area contributed by atoms with Gasteiger partial charge in [0, 0.05) is 12.4 Å². The number of rotatable bonds is 2. The average molecular weight is 153 g/mol. The molecule has 0 saturated carbocycles. The average Bonchev–Trinajstić information content (AvgIpc) is 2.05. The molecule has 60 valence electrons.